The monoisotopic (exact) mass is 333 g/mol. The van der Waals surface area contributed by atoms with Crippen molar-refractivity contribution in [3.8, 4) is 0 Å². The van der Waals surface area contributed by atoms with Crippen LogP contribution in [0.1, 0.15) is 46.9 Å². The molecular weight excluding hydrogens is 313 g/mol. The van der Waals surface area contributed by atoms with Gasteiger partial charge in [0.15, 0.2) is 0 Å². The largest absolute Gasteiger partial charge is 0.478 e. The van der Waals surface area contributed by atoms with E-state index in [0.29, 0.717) is 12.1 Å². The Kier molecular flexibility index (Phi) is 5.87. The summed E-state index contributed by atoms with van der Waals surface area (Å²) in [6.07, 6.45) is 5.92. The number of aromatic carboxylic acids is 1. The van der Waals surface area contributed by atoms with Crippen molar-refractivity contribution in [2.75, 3.05) is 6.61 Å². The summed E-state index contributed by atoms with van der Waals surface area (Å²) in [7, 11) is 0. The highest BCUT2D eigenvalue weighted by atomic mass is 19.1. The highest BCUT2D eigenvalue weighted by Gasteiger charge is 2.21. The van der Waals surface area contributed by atoms with Crippen LogP contribution in [0.3, 0.4) is 0 Å². The summed E-state index contributed by atoms with van der Waals surface area (Å²) < 4.78 is 13.4. The third kappa shape index (κ3) is 4.29. The number of aliphatic hydroxyl groups excluding tert-OH is 1. The quantitative estimate of drug-likeness (QED) is 0.747. The molecule has 1 aliphatic rings. The predicted molar refractivity (Wildman–Crippen MR) is 87.1 cm³/mol. The highest BCUT2D eigenvalue weighted by molar-refractivity contribution is 6.05. The molecule has 0 aliphatic heterocycles. The van der Waals surface area contributed by atoms with Crippen LogP contribution in [0.15, 0.2) is 41.6 Å². The molecule has 128 valence electrons. The second-order valence-electron chi connectivity index (χ2n) is 5.83. The number of carbonyl (C=O) groups is 2. The smallest absolute Gasteiger partial charge is 0.336 e. The minimum Gasteiger partial charge on any atom is -0.478 e. The number of nitrogens with one attached hydrogen (secondary N) is 1. The zero-order chi connectivity index (χ0) is 17.7. The standard InChI is InChI=1S/C18H20FNO4/c1-11-9-12(3-2-8-21)4-7-16(11)20-17(22)15-10-13(19)5-6-14(15)18(23)24/h4-7,10-11,21H,2-3,8-9H2,1H3,(H,20,22)(H,23,24). The minimum atomic E-state index is -1.28. The van der Waals surface area contributed by atoms with E-state index < -0.39 is 17.7 Å². The van der Waals surface area contributed by atoms with Gasteiger partial charge in [-0.05, 0) is 49.5 Å². The van der Waals surface area contributed by atoms with Crippen molar-refractivity contribution < 1.29 is 24.2 Å². The fraction of sp³-hybridized carbons (Fsp3) is 0.333. The van der Waals surface area contributed by atoms with Crippen molar-refractivity contribution in [3.63, 3.8) is 0 Å². The number of benzene rings is 1. The first kappa shape index (κ1) is 17.9. The van der Waals surface area contributed by atoms with Crippen LogP contribution < -0.4 is 5.32 Å². The molecule has 1 amide bonds. The van der Waals surface area contributed by atoms with E-state index in [1.165, 1.54) is 5.57 Å². The van der Waals surface area contributed by atoms with Crippen molar-refractivity contribution in [1.29, 1.82) is 0 Å². The molecule has 1 aliphatic carbocycles. The molecule has 0 radical (unpaired) electrons. The van der Waals surface area contributed by atoms with Crippen molar-refractivity contribution >= 4 is 11.9 Å². The normalized spacial score (nSPS) is 17.0. The zero-order valence-corrected chi connectivity index (χ0v) is 13.4. The van der Waals surface area contributed by atoms with Gasteiger partial charge in [-0.25, -0.2) is 9.18 Å². The Balaban J connectivity index is 2.18. The van der Waals surface area contributed by atoms with Gasteiger partial charge in [-0.1, -0.05) is 18.6 Å². The number of carboxylic acid groups (broad SMARTS) is 1. The number of aliphatic hydroxyl groups is 1. The molecule has 0 saturated carbocycles. The molecule has 1 aromatic carbocycles. The van der Waals surface area contributed by atoms with Crippen LogP contribution in [0, 0.1) is 11.7 Å². The second-order valence-corrected chi connectivity index (χ2v) is 5.83. The summed E-state index contributed by atoms with van der Waals surface area (Å²) in [5, 5.41) is 20.7. The average molecular weight is 333 g/mol. The van der Waals surface area contributed by atoms with Gasteiger partial charge in [-0.2, -0.15) is 0 Å². The fourth-order valence-electron chi connectivity index (χ4n) is 2.69. The van der Waals surface area contributed by atoms with Gasteiger partial charge in [-0.15, -0.1) is 0 Å². The second kappa shape index (κ2) is 7.88. The summed E-state index contributed by atoms with van der Waals surface area (Å²) in [4.78, 5) is 23.5. The number of carboxylic acids is 1. The van der Waals surface area contributed by atoms with Crippen LogP contribution >= 0.6 is 0 Å². The Labute approximate surface area is 139 Å². The van der Waals surface area contributed by atoms with Crippen LogP contribution in [0.5, 0.6) is 0 Å². The number of rotatable bonds is 6. The van der Waals surface area contributed by atoms with Crippen molar-refractivity contribution in [1.82, 2.24) is 5.32 Å². The molecule has 1 aromatic rings. The Morgan fingerprint density at radius 3 is 2.67 bits per heavy atom. The van der Waals surface area contributed by atoms with Crippen molar-refractivity contribution in [3.05, 3.63) is 58.6 Å². The van der Waals surface area contributed by atoms with Gasteiger partial charge >= 0.3 is 5.97 Å². The summed E-state index contributed by atoms with van der Waals surface area (Å²) in [5.41, 5.74) is 1.41. The summed E-state index contributed by atoms with van der Waals surface area (Å²) in [6.45, 7) is 2.08. The van der Waals surface area contributed by atoms with E-state index in [2.05, 4.69) is 5.32 Å². The summed E-state index contributed by atoms with van der Waals surface area (Å²) in [5.74, 6) is -2.54. The Bertz CT molecular complexity index is 709. The minimum absolute atomic E-state index is 0.0504. The molecule has 24 heavy (non-hydrogen) atoms. The van der Waals surface area contributed by atoms with E-state index in [1.807, 2.05) is 13.0 Å². The summed E-state index contributed by atoms with van der Waals surface area (Å²) >= 11 is 0. The molecule has 0 heterocycles. The van der Waals surface area contributed by atoms with Crippen LogP contribution in [-0.4, -0.2) is 28.7 Å². The molecular formula is C18H20FNO4. The number of halogens is 1. The maximum absolute atomic E-state index is 13.4. The van der Waals surface area contributed by atoms with Crippen LogP contribution in [-0.2, 0) is 0 Å². The molecule has 0 bridgehead atoms. The van der Waals surface area contributed by atoms with Gasteiger partial charge in [0.05, 0.1) is 11.1 Å². The number of hydrogen-bond donors (Lipinski definition) is 3. The molecule has 2 rings (SSSR count). The maximum Gasteiger partial charge on any atom is 0.336 e. The Hall–Kier alpha value is -2.47. The van der Waals surface area contributed by atoms with Crippen molar-refractivity contribution in [2.24, 2.45) is 5.92 Å². The Morgan fingerprint density at radius 2 is 2.04 bits per heavy atom. The average Bonchev–Trinajstić information content (AvgIpc) is 2.54. The first-order valence-electron chi connectivity index (χ1n) is 7.77. The number of allylic oxidation sites excluding steroid dienone is 4. The van der Waals surface area contributed by atoms with Crippen molar-refractivity contribution in [2.45, 2.75) is 26.2 Å². The van der Waals surface area contributed by atoms with E-state index in [0.717, 1.165) is 31.0 Å². The molecule has 0 spiro atoms. The first-order chi connectivity index (χ1) is 11.4. The van der Waals surface area contributed by atoms with E-state index in [-0.39, 0.29) is 23.7 Å². The lowest BCUT2D eigenvalue weighted by Crippen LogP contribution is -2.29. The molecule has 5 nitrogen and oxygen atoms in total. The summed E-state index contributed by atoms with van der Waals surface area (Å²) in [6, 6.07) is 3.02. The molecule has 0 aromatic heterocycles. The van der Waals surface area contributed by atoms with E-state index in [9.17, 15) is 14.0 Å². The third-order valence-corrected chi connectivity index (χ3v) is 3.97. The zero-order valence-electron chi connectivity index (χ0n) is 13.4. The maximum atomic E-state index is 13.4. The van der Waals surface area contributed by atoms with Gasteiger partial charge in [0, 0.05) is 12.3 Å². The topological polar surface area (TPSA) is 86.6 Å². The molecule has 6 heteroatoms. The lowest BCUT2D eigenvalue weighted by Gasteiger charge is -2.22. The third-order valence-electron chi connectivity index (χ3n) is 3.97. The van der Waals surface area contributed by atoms with E-state index in [4.69, 9.17) is 10.2 Å². The number of amides is 1. The SMILES string of the molecule is CC1CC(CCCO)=CC=C1NC(=O)c1cc(F)ccc1C(=O)O. The first-order valence-corrected chi connectivity index (χ1v) is 7.77. The van der Waals surface area contributed by atoms with Gasteiger partial charge in [0.25, 0.3) is 5.91 Å². The molecule has 1 atom stereocenters. The fourth-order valence-corrected chi connectivity index (χ4v) is 2.69. The molecule has 0 saturated heterocycles. The lowest BCUT2D eigenvalue weighted by atomic mass is 9.90. The molecule has 0 fully saturated rings. The molecule has 1 unspecified atom stereocenters. The number of hydrogen-bond acceptors (Lipinski definition) is 3. The van der Waals surface area contributed by atoms with Gasteiger partial charge in [0.2, 0.25) is 0 Å². The van der Waals surface area contributed by atoms with Crippen LogP contribution in [0.25, 0.3) is 0 Å². The Morgan fingerprint density at radius 1 is 1.29 bits per heavy atom. The van der Waals surface area contributed by atoms with Crippen LogP contribution in [0.4, 0.5) is 4.39 Å². The van der Waals surface area contributed by atoms with E-state index in [1.54, 1.807) is 6.08 Å². The number of carbonyl (C=O) groups excluding carboxylic acids is 1. The van der Waals surface area contributed by atoms with E-state index >= 15 is 0 Å². The lowest BCUT2D eigenvalue weighted by molar-refractivity contribution is 0.0691. The highest BCUT2D eigenvalue weighted by Crippen LogP contribution is 2.26. The van der Waals surface area contributed by atoms with Gasteiger partial charge in [0.1, 0.15) is 5.82 Å². The van der Waals surface area contributed by atoms with Gasteiger partial charge < -0.3 is 15.5 Å². The van der Waals surface area contributed by atoms with Gasteiger partial charge in [-0.3, -0.25) is 4.79 Å². The molecule has 3 N–H and O–H groups in total. The predicted octanol–water partition coefficient (Wildman–Crippen LogP) is 2.88. The van der Waals surface area contributed by atoms with Crippen LogP contribution in [0.2, 0.25) is 0 Å².